The Morgan fingerprint density at radius 3 is 2.68 bits per heavy atom. The molecule has 0 saturated carbocycles. The number of hydrogen-bond acceptors (Lipinski definition) is 5. The molecule has 0 amide bonds. The monoisotopic (exact) mass is 390 g/mol. The maximum absolute atomic E-state index is 13.0. The van der Waals surface area contributed by atoms with Crippen LogP contribution in [0.3, 0.4) is 0 Å². The number of halogens is 1. The van der Waals surface area contributed by atoms with Gasteiger partial charge in [-0.2, -0.15) is 0 Å². The molecule has 0 aliphatic carbocycles. The molecule has 0 aliphatic heterocycles. The molecule has 0 spiro atoms. The molecule has 1 unspecified atom stereocenters. The molecule has 2 rings (SSSR count). The zero-order valence-electron chi connectivity index (χ0n) is 16.4. The van der Waals surface area contributed by atoms with Gasteiger partial charge in [-0.15, -0.1) is 0 Å². The third-order valence-corrected chi connectivity index (χ3v) is 3.75. The van der Waals surface area contributed by atoms with Gasteiger partial charge in [0.25, 0.3) is 0 Å². The predicted octanol–water partition coefficient (Wildman–Crippen LogP) is 2.38. The van der Waals surface area contributed by atoms with Gasteiger partial charge in [0.2, 0.25) is 5.88 Å². The molecule has 1 heterocycles. The van der Waals surface area contributed by atoms with Crippen molar-refractivity contribution >= 4 is 5.96 Å². The van der Waals surface area contributed by atoms with Crippen LogP contribution in [0.4, 0.5) is 4.39 Å². The van der Waals surface area contributed by atoms with Gasteiger partial charge in [0, 0.05) is 32.5 Å². The smallest absolute Gasteiger partial charge is 0.218 e. The lowest BCUT2D eigenvalue weighted by atomic mass is 10.2. The van der Waals surface area contributed by atoms with Crippen LogP contribution in [0.15, 0.2) is 47.6 Å². The van der Waals surface area contributed by atoms with Crippen LogP contribution in [0.1, 0.15) is 12.5 Å². The summed E-state index contributed by atoms with van der Waals surface area (Å²) in [5.74, 6) is 1.52. The second-order valence-corrected chi connectivity index (χ2v) is 6.00. The van der Waals surface area contributed by atoms with Gasteiger partial charge >= 0.3 is 0 Å². The zero-order chi connectivity index (χ0) is 20.2. The maximum Gasteiger partial charge on any atom is 0.218 e. The molecule has 7 nitrogen and oxygen atoms in total. The standard InChI is InChI=1S/C20H27FN4O3/c1-15(28-18-8-6-17(21)7-9-18)13-24-20(22-2)25-14-16-5-4-10-23-19(16)27-12-11-26-3/h4-10,15H,11-14H2,1-3H3,(H2,22,24,25). The molecule has 2 N–H and O–H groups in total. The lowest BCUT2D eigenvalue weighted by Crippen LogP contribution is -2.41. The first-order valence-electron chi connectivity index (χ1n) is 9.04. The fourth-order valence-corrected chi connectivity index (χ4v) is 2.34. The van der Waals surface area contributed by atoms with E-state index < -0.39 is 0 Å². The first-order valence-corrected chi connectivity index (χ1v) is 9.04. The van der Waals surface area contributed by atoms with Gasteiger partial charge in [-0.25, -0.2) is 9.37 Å². The number of rotatable bonds is 10. The normalized spacial score (nSPS) is 12.4. The summed E-state index contributed by atoms with van der Waals surface area (Å²) in [4.78, 5) is 8.46. The summed E-state index contributed by atoms with van der Waals surface area (Å²) in [5.41, 5.74) is 0.914. The van der Waals surface area contributed by atoms with Crippen LogP contribution < -0.4 is 20.1 Å². The van der Waals surface area contributed by atoms with E-state index in [0.717, 1.165) is 5.56 Å². The number of methoxy groups -OCH3 is 1. The van der Waals surface area contributed by atoms with Crippen molar-refractivity contribution in [3.8, 4) is 11.6 Å². The molecule has 0 saturated heterocycles. The average molecular weight is 390 g/mol. The third kappa shape index (κ3) is 7.40. The number of ether oxygens (including phenoxy) is 3. The van der Waals surface area contributed by atoms with Crippen molar-refractivity contribution in [2.24, 2.45) is 4.99 Å². The molecular weight excluding hydrogens is 363 g/mol. The Balaban J connectivity index is 1.80. The van der Waals surface area contributed by atoms with Crippen LogP contribution >= 0.6 is 0 Å². The van der Waals surface area contributed by atoms with Crippen LogP contribution in [0.5, 0.6) is 11.6 Å². The van der Waals surface area contributed by atoms with Gasteiger partial charge < -0.3 is 24.8 Å². The number of guanidine groups is 1. The highest BCUT2D eigenvalue weighted by Crippen LogP contribution is 2.14. The topological polar surface area (TPSA) is 77.0 Å². The minimum Gasteiger partial charge on any atom is -0.489 e. The van der Waals surface area contributed by atoms with Crippen molar-refractivity contribution in [2.45, 2.75) is 19.6 Å². The van der Waals surface area contributed by atoms with Crippen LogP contribution in [0.2, 0.25) is 0 Å². The van der Waals surface area contributed by atoms with Crippen LogP contribution in [0, 0.1) is 5.82 Å². The van der Waals surface area contributed by atoms with E-state index in [0.29, 0.717) is 43.9 Å². The van der Waals surface area contributed by atoms with E-state index in [1.165, 1.54) is 12.1 Å². The van der Waals surface area contributed by atoms with Crippen molar-refractivity contribution < 1.29 is 18.6 Å². The fourth-order valence-electron chi connectivity index (χ4n) is 2.34. The Morgan fingerprint density at radius 2 is 1.96 bits per heavy atom. The van der Waals surface area contributed by atoms with E-state index in [4.69, 9.17) is 14.2 Å². The maximum atomic E-state index is 13.0. The van der Waals surface area contributed by atoms with E-state index in [2.05, 4.69) is 20.6 Å². The van der Waals surface area contributed by atoms with E-state index in [1.807, 2.05) is 19.1 Å². The van der Waals surface area contributed by atoms with E-state index >= 15 is 0 Å². The quantitative estimate of drug-likeness (QED) is 0.369. The Kier molecular flexibility index (Phi) is 9.00. The molecule has 152 valence electrons. The molecule has 1 aromatic carbocycles. The van der Waals surface area contributed by atoms with Crippen molar-refractivity contribution in [1.29, 1.82) is 0 Å². The minimum absolute atomic E-state index is 0.129. The predicted molar refractivity (Wildman–Crippen MR) is 106 cm³/mol. The van der Waals surface area contributed by atoms with E-state index in [-0.39, 0.29) is 11.9 Å². The molecule has 1 atom stereocenters. The first kappa shape index (κ1) is 21.4. The number of nitrogens with zero attached hydrogens (tertiary/aromatic N) is 2. The van der Waals surface area contributed by atoms with Crippen molar-refractivity contribution in [2.75, 3.05) is 33.9 Å². The SMILES string of the molecule is CN=C(NCc1cccnc1OCCOC)NCC(C)Oc1ccc(F)cc1. The lowest BCUT2D eigenvalue weighted by molar-refractivity contribution is 0.143. The van der Waals surface area contributed by atoms with Crippen molar-refractivity contribution in [3.05, 3.63) is 54.0 Å². The molecule has 0 fully saturated rings. The number of hydrogen-bond donors (Lipinski definition) is 2. The van der Waals surface area contributed by atoms with Crippen molar-refractivity contribution in [3.63, 3.8) is 0 Å². The van der Waals surface area contributed by atoms with Gasteiger partial charge in [-0.05, 0) is 37.3 Å². The number of benzene rings is 1. The summed E-state index contributed by atoms with van der Waals surface area (Å²) >= 11 is 0. The van der Waals surface area contributed by atoms with Crippen LogP contribution in [-0.4, -0.2) is 51.0 Å². The summed E-state index contributed by atoms with van der Waals surface area (Å²) in [6, 6.07) is 9.75. The van der Waals surface area contributed by atoms with Gasteiger partial charge in [0.15, 0.2) is 5.96 Å². The van der Waals surface area contributed by atoms with Gasteiger partial charge in [-0.1, -0.05) is 6.07 Å². The van der Waals surface area contributed by atoms with Crippen molar-refractivity contribution in [1.82, 2.24) is 15.6 Å². The fraction of sp³-hybridized carbons (Fsp3) is 0.400. The second kappa shape index (κ2) is 11.8. The highest BCUT2D eigenvalue weighted by molar-refractivity contribution is 5.79. The van der Waals surface area contributed by atoms with Gasteiger partial charge in [0.05, 0.1) is 13.2 Å². The molecule has 0 aliphatic rings. The summed E-state index contributed by atoms with van der Waals surface area (Å²) < 4.78 is 29.3. The Hall–Kier alpha value is -2.87. The molecule has 0 radical (unpaired) electrons. The average Bonchev–Trinajstić information content (AvgIpc) is 2.71. The number of aliphatic imine (C=N–C) groups is 1. The number of nitrogens with one attached hydrogen (secondary N) is 2. The largest absolute Gasteiger partial charge is 0.489 e. The number of aromatic nitrogens is 1. The minimum atomic E-state index is -0.288. The summed E-state index contributed by atoms with van der Waals surface area (Å²) in [6.07, 6.45) is 1.56. The Labute approximate surface area is 164 Å². The summed E-state index contributed by atoms with van der Waals surface area (Å²) in [6.45, 7) is 3.89. The summed E-state index contributed by atoms with van der Waals surface area (Å²) in [7, 11) is 3.32. The van der Waals surface area contributed by atoms with E-state index in [1.54, 1.807) is 32.5 Å². The molecule has 0 bridgehead atoms. The lowest BCUT2D eigenvalue weighted by Gasteiger charge is -2.18. The van der Waals surface area contributed by atoms with Crippen LogP contribution in [0.25, 0.3) is 0 Å². The van der Waals surface area contributed by atoms with Crippen LogP contribution in [-0.2, 0) is 11.3 Å². The first-order chi connectivity index (χ1) is 13.6. The molecule has 8 heteroatoms. The highest BCUT2D eigenvalue weighted by atomic mass is 19.1. The van der Waals surface area contributed by atoms with Gasteiger partial charge in [-0.3, -0.25) is 4.99 Å². The number of pyridine rings is 1. The molecule has 2 aromatic rings. The molecular formula is C20H27FN4O3. The van der Waals surface area contributed by atoms with E-state index in [9.17, 15) is 4.39 Å². The Morgan fingerprint density at radius 1 is 1.18 bits per heavy atom. The zero-order valence-corrected chi connectivity index (χ0v) is 16.4. The highest BCUT2D eigenvalue weighted by Gasteiger charge is 2.08. The molecule has 1 aromatic heterocycles. The molecule has 28 heavy (non-hydrogen) atoms. The summed E-state index contributed by atoms with van der Waals surface area (Å²) in [5, 5.41) is 6.43. The van der Waals surface area contributed by atoms with Gasteiger partial charge in [0.1, 0.15) is 24.3 Å². The Bertz CT molecular complexity index is 740. The third-order valence-electron chi connectivity index (χ3n) is 3.75. The second-order valence-electron chi connectivity index (χ2n) is 6.00.